The third kappa shape index (κ3) is 5.24. The van der Waals surface area contributed by atoms with Gasteiger partial charge >= 0.3 is 12.1 Å². The molecule has 1 unspecified atom stereocenters. The van der Waals surface area contributed by atoms with Gasteiger partial charge in [-0.2, -0.15) is 13.2 Å². The molecular formula is C25H17BrF5N3O5. The van der Waals surface area contributed by atoms with Gasteiger partial charge in [0.2, 0.25) is 11.4 Å². The highest BCUT2D eigenvalue weighted by molar-refractivity contribution is 9.10. The summed E-state index contributed by atoms with van der Waals surface area (Å²) in [7, 11) is 0. The standard InChI is InChI=1S/C25H17BrF5N3O5/c26-20-19(13-3-5-14(6-4-13)25(29,30)31)33-22(39-20)24(23(36)37,34-10-1-2-11-34)9-12-38-16-8-7-15(27)17(18(16)28)21(32)35/h1-8,10-11H,9,12H2,(H2,32,35)(H,36,37). The summed E-state index contributed by atoms with van der Waals surface area (Å²) in [6, 6.07) is 8.76. The lowest BCUT2D eigenvalue weighted by Gasteiger charge is -2.28. The number of carboxylic acid groups (broad SMARTS) is 1. The zero-order valence-corrected chi connectivity index (χ0v) is 21.1. The Morgan fingerprint density at radius 3 is 2.28 bits per heavy atom. The molecule has 3 N–H and O–H groups in total. The molecule has 1 atom stereocenters. The summed E-state index contributed by atoms with van der Waals surface area (Å²) in [5.41, 5.74) is 1.29. The Morgan fingerprint density at radius 2 is 1.72 bits per heavy atom. The van der Waals surface area contributed by atoms with Crippen LogP contribution in [0.15, 0.2) is 70.0 Å². The van der Waals surface area contributed by atoms with Crippen LogP contribution in [0.25, 0.3) is 11.3 Å². The van der Waals surface area contributed by atoms with Gasteiger partial charge in [-0.25, -0.2) is 18.6 Å². The van der Waals surface area contributed by atoms with E-state index < -0.39 is 65.1 Å². The van der Waals surface area contributed by atoms with Crippen molar-refractivity contribution in [3.8, 4) is 17.0 Å². The molecule has 0 radical (unpaired) electrons. The predicted octanol–water partition coefficient (Wildman–Crippen LogP) is 5.60. The van der Waals surface area contributed by atoms with Gasteiger partial charge in [0.25, 0.3) is 5.91 Å². The van der Waals surface area contributed by atoms with E-state index in [0.717, 1.165) is 36.4 Å². The second kappa shape index (κ2) is 10.5. The van der Waals surface area contributed by atoms with Gasteiger partial charge < -0.3 is 24.6 Å². The summed E-state index contributed by atoms with van der Waals surface area (Å²) in [4.78, 5) is 28.4. The van der Waals surface area contributed by atoms with Gasteiger partial charge in [0, 0.05) is 24.4 Å². The first-order valence-electron chi connectivity index (χ1n) is 11.0. The third-order valence-electron chi connectivity index (χ3n) is 5.85. The van der Waals surface area contributed by atoms with Crippen molar-refractivity contribution in [1.82, 2.24) is 9.55 Å². The Hall–Kier alpha value is -4.20. The van der Waals surface area contributed by atoms with Crippen molar-refractivity contribution in [3.63, 3.8) is 0 Å². The number of carboxylic acids is 1. The number of oxazole rings is 1. The largest absolute Gasteiger partial charge is 0.490 e. The maximum Gasteiger partial charge on any atom is 0.416 e. The van der Waals surface area contributed by atoms with Gasteiger partial charge in [-0.15, -0.1) is 0 Å². The van der Waals surface area contributed by atoms with Crippen LogP contribution < -0.4 is 10.5 Å². The third-order valence-corrected chi connectivity index (χ3v) is 6.39. The van der Waals surface area contributed by atoms with Gasteiger partial charge in [-0.05, 0) is 52.3 Å². The number of nitrogens with zero attached hydrogens (tertiary/aromatic N) is 2. The molecule has 0 saturated heterocycles. The number of alkyl halides is 3. The number of carbonyl (C=O) groups is 2. The van der Waals surface area contributed by atoms with E-state index in [9.17, 15) is 36.6 Å². The number of benzene rings is 2. The quantitative estimate of drug-likeness (QED) is 0.237. The van der Waals surface area contributed by atoms with Crippen molar-refractivity contribution in [2.75, 3.05) is 6.61 Å². The van der Waals surface area contributed by atoms with Crippen LogP contribution in [0.5, 0.6) is 5.75 Å². The smallest absolute Gasteiger partial charge is 0.416 e. The molecule has 2 aromatic carbocycles. The van der Waals surface area contributed by atoms with Crippen molar-refractivity contribution in [3.05, 3.63) is 94.2 Å². The van der Waals surface area contributed by atoms with E-state index in [2.05, 4.69) is 20.9 Å². The molecule has 0 aliphatic heterocycles. The molecule has 4 rings (SSSR count). The fourth-order valence-corrected chi connectivity index (χ4v) is 4.37. The van der Waals surface area contributed by atoms with Crippen LogP contribution in [0.4, 0.5) is 22.0 Å². The van der Waals surface area contributed by atoms with Crippen molar-refractivity contribution in [2.45, 2.75) is 18.1 Å². The van der Waals surface area contributed by atoms with Crippen LogP contribution in [-0.4, -0.2) is 33.1 Å². The van der Waals surface area contributed by atoms with E-state index in [1.54, 1.807) is 0 Å². The average molecular weight is 614 g/mol. The Bertz CT molecular complexity index is 1520. The summed E-state index contributed by atoms with van der Waals surface area (Å²) in [5, 5.41) is 10.3. The summed E-state index contributed by atoms with van der Waals surface area (Å²) < 4.78 is 79.5. The summed E-state index contributed by atoms with van der Waals surface area (Å²) >= 11 is 3.15. The Kier molecular flexibility index (Phi) is 7.50. The van der Waals surface area contributed by atoms with E-state index in [1.807, 2.05) is 0 Å². The molecule has 0 bridgehead atoms. The molecule has 1 amide bonds. The number of aliphatic carboxylic acids is 1. The van der Waals surface area contributed by atoms with Crippen LogP contribution in [0, 0.1) is 11.6 Å². The molecule has 2 heterocycles. The number of ether oxygens (including phenoxy) is 1. The zero-order valence-electron chi connectivity index (χ0n) is 19.5. The second-order valence-electron chi connectivity index (χ2n) is 8.17. The Labute approximate surface area is 224 Å². The van der Waals surface area contributed by atoms with Crippen molar-refractivity contribution < 1.29 is 45.8 Å². The van der Waals surface area contributed by atoms with Gasteiger partial charge in [0.15, 0.2) is 16.2 Å². The van der Waals surface area contributed by atoms with Gasteiger partial charge in [-0.1, -0.05) is 12.1 Å². The summed E-state index contributed by atoms with van der Waals surface area (Å²) in [6.07, 6.45) is -2.15. The maximum atomic E-state index is 14.6. The van der Waals surface area contributed by atoms with Crippen LogP contribution in [0.2, 0.25) is 0 Å². The second-order valence-corrected chi connectivity index (χ2v) is 8.89. The maximum absolute atomic E-state index is 14.6. The number of hydrogen-bond donors (Lipinski definition) is 2. The first-order chi connectivity index (χ1) is 18.4. The molecule has 0 spiro atoms. The number of rotatable bonds is 9. The van der Waals surface area contributed by atoms with Crippen LogP contribution in [0.3, 0.4) is 0 Å². The van der Waals surface area contributed by atoms with Crippen LogP contribution >= 0.6 is 15.9 Å². The number of amides is 1. The van der Waals surface area contributed by atoms with Gasteiger partial charge in [0.1, 0.15) is 17.1 Å². The fraction of sp³-hybridized carbons (Fsp3) is 0.160. The summed E-state index contributed by atoms with van der Waals surface area (Å²) in [6.45, 7) is -0.485. The van der Waals surface area contributed by atoms with Gasteiger partial charge in [0.05, 0.1) is 12.2 Å². The Balaban J connectivity index is 1.71. The fourth-order valence-electron chi connectivity index (χ4n) is 3.90. The van der Waals surface area contributed by atoms with E-state index in [0.29, 0.717) is 0 Å². The number of primary amides is 1. The topological polar surface area (TPSA) is 121 Å². The molecule has 0 saturated carbocycles. The lowest BCUT2D eigenvalue weighted by Crippen LogP contribution is -2.44. The molecular weight excluding hydrogens is 597 g/mol. The molecule has 8 nitrogen and oxygen atoms in total. The predicted molar refractivity (Wildman–Crippen MR) is 129 cm³/mol. The molecule has 39 heavy (non-hydrogen) atoms. The van der Waals surface area contributed by atoms with E-state index in [4.69, 9.17) is 14.9 Å². The molecule has 0 aliphatic rings. The molecule has 14 heteroatoms. The van der Waals surface area contributed by atoms with Crippen molar-refractivity contribution >= 4 is 27.8 Å². The average Bonchev–Trinajstić information content (AvgIpc) is 3.53. The number of carbonyl (C=O) groups excluding carboxylic acids is 1. The highest BCUT2D eigenvalue weighted by Crippen LogP contribution is 2.38. The lowest BCUT2D eigenvalue weighted by molar-refractivity contribution is -0.147. The van der Waals surface area contributed by atoms with Crippen molar-refractivity contribution in [1.29, 1.82) is 0 Å². The van der Waals surface area contributed by atoms with Gasteiger partial charge in [-0.3, -0.25) is 4.79 Å². The van der Waals surface area contributed by atoms with Crippen LogP contribution in [-0.2, 0) is 16.5 Å². The SMILES string of the molecule is NC(=O)c1c(F)ccc(OCCC(C(=O)O)(c2nc(-c3ccc(C(F)(F)F)cc3)c(Br)o2)n2cccc2)c1F. The molecule has 204 valence electrons. The lowest BCUT2D eigenvalue weighted by atomic mass is 9.94. The minimum atomic E-state index is -4.56. The molecule has 0 fully saturated rings. The van der Waals surface area contributed by atoms with Crippen LogP contribution in [0.1, 0.15) is 28.2 Å². The molecule has 0 aliphatic carbocycles. The number of hydrogen-bond acceptors (Lipinski definition) is 5. The van der Waals surface area contributed by atoms with E-state index >= 15 is 0 Å². The Morgan fingerprint density at radius 1 is 1.08 bits per heavy atom. The first-order valence-corrected chi connectivity index (χ1v) is 11.8. The molecule has 4 aromatic rings. The summed E-state index contributed by atoms with van der Waals surface area (Å²) in [5.74, 6) is -6.27. The van der Waals surface area contributed by atoms with E-state index in [1.165, 1.54) is 29.1 Å². The highest BCUT2D eigenvalue weighted by atomic mass is 79.9. The number of halogens is 6. The molecule has 2 aromatic heterocycles. The minimum Gasteiger partial charge on any atom is -0.490 e. The minimum absolute atomic E-state index is 0.0353. The normalized spacial score (nSPS) is 13.2. The first kappa shape index (κ1) is 27.8. The van der Waals surface area contributed by atoms with Crippen molar-refractivity contribution in [2.24, 2.45) is 5.73 Å². The highest BCUT2D eigenvalue weighted by Gasteiger charge is 2.47. The monoisotopic (exact) mass is 613 g/mol. The van der Waals surface area contributed by atoms with E-state index in [-0.39, 0.29) is 21.8 Å². The number of aromatic nitrogens is 2. The number of nitrogens with two attached hydrogens (primary N) is 1. The zero-order chi connectivity index (χ0) is 28.5.